The maximum Gasteiger partial charge on any atom is 0.219 e. The van der Waals surface area contributed by atoms with E-state index in [1.807, 2.05) is 30.0 Å². The van der Waals surface area contributed by atoms with Gasteiger partial charge in [-0.2, -0.15) is 0 Å². The number of rotatable bonds is 4. The molecule has 0 radical (unpaired) electrons. The first-order valence-corrected chi connectivity index (χ1v) is 10.1. The largest absolute Gasteiger partial charge is 0.354 e. The fourth-order valence-corrected chi connectivity index (χ4v) is 4.19. The monoisotopic (exact) mass is 385 g/mol. The number of likely N-dealkylation sites (tertiary alicyclic amines) is 1. The van der Waals surface area contributed by atoms with Gasteiger partial charge in [0.1, 0.15) is 5.01 Å². The summed E-state index contributed by atoms with van der Waals surface area (Å²) in [6, 6.07) is 10.6. The van der Waals surface area contributed by atoms with E-state index in [1.54, 1.807) is 25.3 Å². The summed E-state index contributed by atoms with van der Waals surface area (Å²) in [5, 5.41) is 7.93. The highest BCUT2D eigenvalue weighted by Gasteiger charge is 2.21. The quantitative estimate of drug-likeness (QED) is 0.627. The molecule has 0 spiro atoms. The van der Waals surface area contributed by atoms with Crippen LogP contribution in [0.25, 0.3) is 10.6 Å². The number of benzene rings is 1. The number of nitrogens with zero attached hydrogens (tertiary/aromatic N) is 3. The van der Waals surface area contributed by atoms with Crippen LogP contribution < -0.4 is 10.6 Å². The Morgan fingerprint density at radius 3 is 2.63 bits per heavy atom. The Morgan fingerprint density at radius 2 is 2.00 bits per heavy atom. The van der Waals surface area contributed by atoms with Crippen LogP contribution in [0.4, 0.5) is 0 Å². The molecule has 6 nitrogen and oxygen atoms in total. The molecule has 2 heterocycles. The fourth-order valence-electron chi connectivity index (χ4n) is 3.19. The highest BCUT2D eigenvalue weighted by atomic mass is 32.1. The van der Waals surface area contributed by atoms with E-state index in [0.717, 1.165) is 48.2 Å². The van der Waals surface area contributed by atoms with E-state index in [1.165, 1.54) is 4.88 Å². The molecular formula is C20H27N5OS. The lowest BCUT2D eigenvalue weighted by Crippen LogP contribution is -2.49. The minimum Gasteiger partial charge on any atom is -0.354 e. The second kappa shape index (κ2) is 8.99. The van der Waals surface area contributed by atoms with Crippen molar-refractivity contribution in [2.45, 2.75) is 39.3 Å². The molecule has 0 bridgehead atoms. The zero-order valence-corrected chi connectivity index (χ0v) is 17.0. The van der Waals surface area contributed by atoms with Crippen molar-refractivity contribution in [3.63, 3.8) is 0 Å². The Balaban J connectivity index is 1.54. The lowest BCUT2D eigenvalue weighted by Gasteiger charge is -2.32. The molecule has 1 saturated heterocycles. The van der Waals surface area contributed by atoms with Gasteiger partial charge >= 0.3 is 0 Å². The Kier molecular flexibility index (Phi) is 6.45. The van der Waals surface area contributed by atoms with Gasteiger partial charge in [-0.1, -0.05) is 30.3 Å². The van der Waals surface area contributed by atoms with Gasteiger partial charge in [0.2, 0.25) is 5.91 Å². The lowest BCUT2D eigenvalue weighted by molar-refractivity contribution is -0.129. The highest BCUT2D eigenvalue weighted by Crippen LogP contribution is 2.27. The second-order valence-corrected chi connectivity index (χ2v) is 7.83. The third-order valence-electron chi connectivity index (χ3n) is 4.83. The SMILES string of the molecule is CN=C(NCc1sc(-c2ccccc2)nc1C)NC1CCN(C(C)=O)CC1. The minimum atomic E-state index is 0.158. The van der Waals surface area contributed by atoms with E-state index in [0.29, 0.717) is 12.6 Å². The van der Waals surface area contributed by atoms with Crippen molar-refractivity contribution in [3.05, 3.63) is 40.9 Å². The molecule has 1 aliphatic rings. The van der Waals surface area contributed by atoms with Crippen LogP contribution >= 0.6 is 11.3 Å². The van der Waals surface area contributed by atoms with Crippen molar-refractivity contribution in [2.75, 3.05) is 20.1 Å². The van der Waals surface area contributed by atoms with Gasteiger partial charge in [-0.25, -0.2) is 4.98 Å². The summed E-state index contributed by atoms with van der Waals surface area (Å²) in [7, 11) is 1.79. The van der Waals surface area contributed by atoms with Gasteiger partial charge in [-0.15, -0.1) is 11.3 Å². The number of amides is 1. The zero-order chi connectivity index (χ0) is 19.2. The standard InChI is InChI=1S/C20H27N5OS/c1-14-18(27-19(23-14)16-7-5-4-6-8-16)13-22-20(21-3)24-17-9-11-25(12-10-17)15(2)26/h4-8,17H,9-13H2,1-3H3,(H2,21,22,24). The van der Waals surface area contributed by atoms with Gasteiger partial charge in [0.15, 0.2) is 5.96 Å². The number of carbonyl (C=O) groups is 1. The van der Waals surface area contributed by atoms with Crippen molar-refractivity contribution in [1.82, 2.24) is 20.5 Å². The maximum atomic E-state index is 11.4. The smallest absolute Gasteiger partial charge is 0.219 e. The molecule has 0 unspecified atom stereocenters. The summed E-state index contributed by atoms with van der Waals surface area (Å²) >= 11 is 1.71. The molecule has 1 fully saturated rings. The van der Waals surface area contributed by atoms with Gasteiger partial charge < -0.3 is 15.5 Å². The van der Waals surface area contributed by atoms with Crippen molar-refractivity contribution in [3.8, 4) is 10.6 Å². The van der Waals surface area contributed by atoms with Crippen molar-refractivity contribution < 1.29 is 4.79 Å². The predicted octanol–water partition coefficient (Wildman–Crippen LogP) is 2.79. The molecular weight excluding hydrogens is 358 g/mol. The molecule has 144 valence electrons. The van der Waals surface area contributed by atoms with Crippen LogP contribution in [0.3, 0.4) is 0 Å². The fraction of sp³-hybridized carbons (Fsp3) is 0.450. The van der Waals surface area contributed by atoms with E-state index < -0.39 is 0 Å². The highest BCUT2D eigenvalue weighted by molar-refractivity contribution is 7.15. The Labute approximate surface area is 164 Å². The average Bonchev–Trinajstić information content (AvgIpc) is 3.07. The van der Waals surface area contributed by atoms with Crippen LogP contribution in [0.2, 0.25) is 0 Å². The number of guanidine groups is 1. The molecule has 1 aliphatic heterocycles. The molecule has 1 amide bonds. The summed E-state index contributed by atoms with van der Waals surface area (Å²) in [6.45, 7) is 5.99. The van der Waals surface area contributed by atoms with Gasteiger partial charge in [-0.3, -0.25) is 9.79 Å². The Morgan fingerprint density at radius 1 is 1.30 bits per heavy atom. The van der Waals surface area contributed by atoms with Gasteiger partial charge in [0.05, 0.1) is 12.2 Å². The minimum absolute atomic E-state index is 0.158. The molecule has 0 atom stereocenters. The maximum absolute atomic E-state index is 11.4. The van der Waals surface area contributed by atoms with Crippen LogP contribution in [-0.4, -0.2) is 47.9 Å². The average molecular weight is 386 g/mol. The molecule has 0 aliphatic carbocycles. The first-order chi connectivity index (χ1) is 13.1. The Hall–Kier alpha value is -2.41. The summed E-state index contributed by atoms with van der Waals surface area (Å²) in [4.78, 5) is 23.6. The normalized spacial score (nSPS) is 15.7. The van der Waals surface area contributed by atoms with E-state index >= 15 is 0 Å². The third-order valence-corrected chi connectivity index (χ3v) is 6.04. The van der Waals surface area contributed by atoms with E-state index in [-0.39, 0.29) is 5.91 Å². The molecule has 0 saturated carbocycles. The molecule has 7 heteroatoms. The molecule has 3 rings (SSSR count). The van der Waals surface area contributed by atoms with E-state index in [9.17, 15) is 4.79 Å². The van der Waals surface area contributed by atoms with Crippen molar-refractivity contribution >= 4 is 23.2 Å². The van der Waals surface area contributed by atoms with Crippen LogP contribution in [0.5, 0.6) is 0 Å². The van der Waals surface area contributed by atoms with Gasteiger partial charge in [0.25, 0.3) is 0 Å². The Bertz CT molecular complexity index is 794. The van der Waals surface area contributed by atoms with Gasteiger partial charge in [-0.05, 0) is 19.8 Å². The predicted molar refractivity (Wildman–Crippen MR) is 111 cm³/mol. The number of aromatic nitrogens is 1. The first-order valence-electron chi connectivity index (χ1n) is 9.31. The van der Waals surface area contributed by atoms with Crippen LogP contribution in [-0.2, 0) is 11.3 Å². The summed E-state index contributed by atoms with van der Waals surface area (Å²) in [5.41, 5.74) is 2.20. The lowest BCUT2D eigenvalue weighted by atomic mass is 10.1. The number of hydrogen-bond donors (Lipinski definition) is 2. The molecule has 2 aromatic rings. The zero-order valence-electron chi connectivity index (χ0n) is 16.2. The second-order valence-electron chi connectivity index (χ2n) is 6.74. The summed E-state index contributed by atoms with van der Waals surface area (Å²) in [5.74, 6) is 0.955. The molecule has 1 aromatic heterocycles. The molecule has 27 heavy (non-hydrogen) atoms. The first kappa shape index (κ1) is 19.4. The molecule has 1 aromatic carbocycles. The number of nitrogens with one attached hydrogen (secondary N) is 2. The topological polar surface area (TPSA) is 69.6 Å². The number of piperidine rings is 1. The van der Waals surface area contributed by atoms with Crippen molar-refractivity contribution in [1.29, 1.82) is 0 Å². The number of thiazole rings is 1. The number of aryl methyl sites for hydroxylation is 1. The van der Waals surface area contributed by atoms with Crippen molar-refractivity contribution in [2.24, 2.45) is 4.99 Å². The van der Waals surface area contributed by atoms with Crippen LogP contribution in [0, 0.1) is 6.92 Å². The number of aliphatic imine (C=N–C) groups is 1. The number of carbonyl (C=O) groups excluding carboxylic acids is 1. The third kappa shape index (κ3) is 5.07. The van der Waals surface area contributed by atoms with E-state index in [4.69, 9.17) is 4.98 Å². The molecule has 2 N–H and O–H groups in total. The van der Waals surface area contributed by atoms with Crippen LogP contribution in [0.1, 0.15) is 30.3 Å². The van der Waals surface area contributed by atoms with E-state index in [2.05, 4.69) is 27.8 Å². The van der Waals surface area contributed by atoms with Crippen LogP contribution in [0.15, 0.2) is 35.3 Å². The summed E-state index contributed by atoms with van der Waals surface area (Å²) < 4.78 is 0. The summed E-state index contributed by atoms with van der Waals surface area (Å²) in [6.07, 6.45) is 1.88. The number of hydrogen-bond acceptors (Lipinski definition) is 4. The van der Waals surface area contributed by atoms with Gasteiger partial charge in [0, 0.05) is 43.5 Å².